The van der Waals surface area contributed by atoms with Crippen molar-refractivity contribution in [3.8, 4) is 11.8 Å². The molecule has 3 N–H and O–H groups in total. The van der Waals surface area contributed by atoms with E-state index >= 15 is 0 Å². The van der Waals surface area contributed by atoms with Crippen LogP contribution in [0.25, 0.3) is 0 Å². The smallest absolute Gasteiger partial charge is 0.251 e. The van der Waals surface area contributed by atoms with E-state index in [4.69, 9.17) is 0 Å². The number of hydrogen-bond donors (Lipinski definition) is 3. The average molecular weight is 297 g/mol. The Kier molecular flexibility index (Phi) is 4.97. The monoisotopic (exact) mass is 297 g/mol. The fraction of sp³-hybridized carbons (Fsp3) is 0.294. The number of hydrogen-bond acceptors (Lipinski definition) is 3. The molecular weight excluding hydrogens is 278 g/mol. The molecule has 0 spiro atoms. The lowest BCUT2D eigenvalue weighted by atomic mass is 10.1. The first-order valence-corrected chi connectivity index (χ1v) is 7.05. The molecule has 0 aliphatic heterocycles. The number of benzene rings is 1. The third-order valence-corrected chi connectivity index (χ3v) is 2.87. The fourth-order valence-electron chi connectivity index (χ4n) is 1.80. The topological polar surface area (TPSA) is 78.0 Å². The van der Waals surface area contributed by atoms with Crippen molar-refractivity contribution in [2.75, 3.05) is 6.54 Å². The Morgan fingerprint density at radius 2 is 2.27 bits per heavy atom. The number of carbonyl (C=O) groups excluding carboxylic acids is 1. The molecule has 0 fully saturated rings. The van der Waals surface area contributed by atoms with E-state index < -0.39 is 5.60 Å². The molecule has 2 rings (SSSR count). The predicted molar refractivity (Wildman–Crippen MR) is 84.2 cm³/mol. The van der Waals surface area contributed by atoms with Gasteiger partial charge in [-0.2, -0.15) is 0 Å². The van der Waals surface area contributed by atoms with E-state index in [-0.39, 0.29) is 5.91 Å². The highest BCUT2D eigenvalue weighted by molar-refractivity contribution is 5.94. The van der Waals surface area contributed by atoms with Crippen LogP contribution >= 0.6 is 0 Å². The molecule has 0 saturated heterocycles. The van der Waals surface area contributed by atoms with Crippen molar-refractivity contribution in [2.24, 2.45) is 0 Å². The van der Waals surface area contributed by atoms with Gasteiger partial charge in [-0.05, 0) is 32.0 Å². The molecule has 0 unspecified atom stereocenters. The lowest BCUT2D eigenvalue weighted by Gasteiger charge is -2.07. The highest BCUT2D eigenvalue weighted by atomic mass is 16.3. The Morgan fingerprint density at radius 3 is 2.95 bits per heavy atom. The van der Waals surface area contributed by atoms with E-state index in [0.29, 0.717) is 24.1 Å². The normalized spacial score (nSPS) is 10.7. The highest BCUT2D eigenvalue weighted by Crippen LogP contribution is 2.06. The Labute approximate surface area is 129 Å². The molecule has 0 saturated carbocycles. The van der Waals surface area contributed by atoms with E-state index in [9.17, 15) is 9.90 Å². The van der Waals surface area contributed by atoms with E-state index in [2.05, 4.69) is 27.1 Å². The first-order valence-electron chi connectivity index (χ1n) is 7.05. The summed E-state index contributed by atoms with van der Waals surface area (Å²) in [6, 6.07) is 7.03. The maximum absolute atomic E-state index is 12.1. The summed E-state index contributed by atoms with van der Waals surface area (Å²) in [4.78, 5) is 19.0. The van der Waals surface area contributed by atoms with Crippen LogP contribution in [0.15, 0.2) is 36.8 Å². The SMILES string of the molecule is CC(C)(O)C#Cc1cccc(C(=O)NCCc2cnc[nH]2)c1. The molecule has 22 heavy (non-hydrogen) atoms. The van der Waals surface area contributed by atoms with Crippen molar-refractivity contribution in [3.63, 3.8) is 0 Å². The number of nitrogens with zero attached hydrogens (tertiary/aromatic N) is 1. The number of nitrogens with one attached hydrogen (secondary N) is 2. The molecule has 5 nitrogen and oxygen atoms in total. The third kappa shape index (κ3) is 5.08. The van der Waals surface area contributed by atoms with E-state index in [0.717, 1.165) is 5.69 Å². The zero-order valence-corrected chi connectivity index (χ0v) is 12.7. The van der Waals surface area contributed by atoms with Gasteiger partial charge in [-0.3, -0.25) is 4.79 Å². The second kappa shape index (κ2) is 6.92. The van der Waals surface area contributed by atoms with Gasteiger partial charge < -0.3 is 15.4 Å². The van der Waals surface area contributed by atoms with Crippen molar-refractivity contribution in [2.45, 2.75) is 25.9 Å². The van der Waals surface area contributed by atoms with Crippen LogP contribution in [0.4, 0.5) is 0 Å². The molecule has 0 aliphatic rings. The molecule has 114 valence electrons. The van der Waals surface area contributed by atoms with Gasteiger partial charge >= 0.3 is 0 Å². The molecule has 1 heterocycles. The Morgan fingerprint density at radius 1 is 1.45 bits per heavy atom. The van der Waals surface area contributed by atoms with Crippen molar-refractivity contribution in [1.82, 2.24) is 15.3 Å². The van der Waals surface area contributed by atoms with Crippen molar-refractivity contribution in [3.05, 3.63) is 53.6 Å². The molecule has 1 amide bonds. The maximum Gasteiger partial charge on any atom is 0.251 e. The number of amides is 1. The Balaban J connectivity index is 1.96. The number of carbonyl (C=O) groups is 1. The summed E-state index contributed by atoms with van der Waals surface area (Å²) in [5.41, 5.74) is 1.17. The first-order chi connectivity index (χ1) is 10.4. The van der Waals surface area contributed by atoms with Gasteiger partial charge in [0.2, 0.25) is 0 Å². The van der Waals surface area contributed by atoms with Gasteiger partial charge in [-0.1, -0.05) is 17.9 Å². The molecule has 0 aliphatic carbocycles. The van der Waals surface area contributed by atoms with Gasteiger partial charge in [0.25, 0.3) is 5.91 Å². The van der Waals surface area contributed by atoms with Crippen LogP contribution in [0, 0.1) is 11.8 Å². The van der Waals surface area contributed by atoms with Gasteiger partial charge in [0.1, 0.15) is 5.60 Å². The zero-order chi connectivity index (χ0) is 16.0. The minimum Gasteiger partial charge on any atom is -0.378 e. The maximum atomic E-state index is 12.1. The van der Waals surface area contributed by atoms with Crippen LogP contribution < -0.4 is 5.32 Å². The van der Waals surface area contributed by atoms with Gasteiger partial charge in [-0.25, -0.2) is 4.98 Å². The summed E-state index contributed by atoms with van der Waals surface area (Å²) in [5, 5.41) is 12.5. The number of aromatic nitrogens is 2. The van der Waals surface area contributed by atoms with Crippen LogP contribution in [0.1, 0.15) is 35.5 Å². The fourth-order valence-corrected chi connectivity index (χ4v) is 1.80. The van der Waals surface area contributed by atoms with Crippen LogP contribution in [-0.2, 0) is 6.42 Å². The summed E-state index contributed by atoms with van der Waals surface area (Å²) < 4.78 is 0. The summed E-state index contributed by atoms with van der Waals surface area (Å²) in [5.74, 6) is 5.45. The molecule has 0 radical (unpaired) electrons. The summed E-state index contributed by atoms with van der Waals surface area (Å²) in [7, 11) is 0. The van der Waals surface area contributed by atoms with Crippen molar-refractivity contribution >= 4 is 5.91 Å². The molecule has 0 bridgehead atoms. The lowest BCUT2D eigenvalue weighted by molar-refractivity contribution is 0.0954. The molecule has 5 heteroatoms. The van der Waals surface area contributed by atoms with E-state index in [1.165, 1.54) is 0 Å². The highest BCUT2D eigenvalue weighted by Gasteiger charge is 2.07. The third-order valence-electron chi connectivity index (χ3n) is 2.87. The number of aliphatic hydroxyl groups is 1. The quantitative estimate of drug-likeness (QED) is 0.748. The lowest BCUT2D eigenvalue weighted by Crippen LogP contribution is -2.25. The minimum atomic E-state index is -1.05. The zero-order valence-electron chi connectivity index (χ0n) is 12.7. The Bertz CT molecular complexity index is 689. The summed E-state index contributed by atoms with van der Waals surface area (Å²) in [6.45, 7) is 3.76. The second-order valence-corrected chi connectivity index (χ2v) is 5.47. The molecule has 0 atom stereocenters. The molecular formula is C17H19N3O2. The average Bonchev–Trinajstić information content (AvgIpc) is 2.98. The van der Waals surface area contributed by atoms with Crippen molar-refractivity contribution in [1.29, 1.82) is 0 Å². The number of imidazole rings is 1. The molecule has 2 aromatic rings. The van der Waals surface area contributed by atoms with Gasteiger partial charge in [0, 0.05) is 36.0 Å². The van der Waals surface area contributed by atoms with E-state index in [1.807, 2.05) is 0 Å². The standard InChI is InChI=1S/C17H19N3O2/c1-17(2,22)8-6-13-4-3-5-14(10-13)16(21)19-9-7-15-11-18-12-20-15/h3-5,10-12,22H,7,9H2,1-2H3,(H,18,20)(H,19,21). The van der Waals surface area contributed by atoms with E-state index in [1.54, 1.807) is 50.6 Å². The van der Waals surface area contributed by atoms with Gasteiger partial charge in [0.15, 0.2) is 0 Å². The summed E-state index contributed by atoms with van der Waals surface area (Å²) >= 11 is 0. The van der Waals surface area contributed by atoms with Crippen LogP contribution in [0.3, 0.4) is 0 Å². The minimum absolute atomic E-state index is 0.147. The van der Waals surface area contributed by atoms with Gasteiger partial charge in [-0.15, -0.1) is 0 Å². The number of H-pyrrole nitrogens is 1. The number of aromatic amines is 1. The van der Waals surface area contributed by atoms with Crippen LogP contribution in [0.2, 0.25) is 0 Å². The second-order valence-electron chi connectivity index (χ2n) is 5.47. The summed E-state index contributed by atoms with van der Waals surface area (Å²) in [6.07, 6.45) is 4.05. The molecule has 1 aromatic heterocycles. The largest absolute Gasteiger partial charge is 0.378 e. The van der Waals surface area contributed by atoms with Crippen LogP contribution in [0.5, 0.6) is 0 Å². The van der Waals surface area contributed by atoms with Gasteiger partial charge in [0.05, 0.1) is 6.33 Å². The Hall–Kier alpha value is -2.58. The number of rotatable bonds is 4. The van der Waals surface area contributed by atoms with Crippen LogP contribution in [-0.4, -0.2) is 33.1 Å². The molecule has 1 aromatic carbocycles. The predicted octanol–water partition coefficient (Wildman–Crippen LogP) is 1.50. The van der Waals surface area contributed by atoms with Crippen molar-refractivity contribution < 1.29 is 9.90 Å². The first kappa shape index (κ1) is 15.8.